The number of aryl methyl sites for hydroxylation is 3. The molecule has 7 heteroatoms. The van der Waals surface area contributed by atoms with Crippen LogP contribution >= 0.6 is 0 Å². The fourth-order valence-corrected chi connectivity index (χ4v) is 3.43. The van der Waals surface area contributed by atoms with Crippen LogP contribution in [0.4, 0.5) is 5.69 Å². The zero-order valence-electron chi connectivity index (χ0n) is 17.2. The number of anilines is 1. The standard InChI is InChI=1S/C23H23N5O2/c1-15-7-6-8-18(13-15)30-21-10-5-4-9-20(21)27-22(29)12-11-19-16(2)26-23-24-14-25-28(23)17(19)3/h4-10,13-14H,11-12H2,1-3H3,(H,27,29). The fourth-order valence-electron chi connectivity index (χ4n) is 3.43. The maximum Gasteiger partial charge on any atom is 0.252 e. The molecule has 7 nitrogen and oxygen atoms in total. The van der Waals surface area contributed by atoms with Crippen LogP contribution in [0.2, 0.25) is 0 Å². The summed E-state index contributed by atoms with van der Waals surface area (Å²) in [5.74, 6) is 1.82. The van der Waals surface area contributed by atoms with E-state index in [1.165, 1.54) is 6.33 Å². The zero-order chi connectivity index (χ0) is 21.1. The van der Waals surface area contributed by atoms with Crippen LogP contribution in [-0.4, -0.2) is 25.5 Å². The van der Waals surface area contributed by atoms with Crippen LogP contribution in [0.15, 0.2) is 54.9 Å². The summed E-state index contributed by atoms with van der Waals surface area (Å²) >= 11 is 0. The van der Waals surface area contributed by atoms with E-state index in [4.69, 9.17) is 4.74 Å². The lowest BCUT2D eigenvalue weighted by atomic mass is 10.1. The predicted octanol–water partition coefficient (Wildman–Crippen LogP) is 4.41. The van der Waals surface area contributed by atoms with Gasteiger partial charge in [0.25, 0.3) is 5.78 Å². The third kappa shape index (κ3) is 4.15. The molecule has 152 valence electrons. The van der Waals surface area contributed by atoms with Crippen molar-refractivity contribution in [2.45, 2.75) is 33.6 Å². The van der Waals surface area contributed by atoms with Crippen molar-refractivity contribution in [2.75, 3.05) is 5.32 Å². The van der Waals surface area contributed by atoms with E-state index in [1.807, 2.05) is 69.3 Å². The molecule has 0 spiro atoms. The molecular formula is C23H23N5O2. The van der Waals surface area contributed by atoms with E-state index in [-0.39, 0.29) is 5.91 Å². The highest BCUT2D eigenvalue weighted by Gasteiger charge is 2.14. The van der Waals surface area contributed by atoms with Crippen molar-refractivity contribution in [3.8, 4) is 11.5 Å². The number of nitrogens with one attached hydrogen (secondary N) is 1. The molecule has 30 heavy (non-hydrogen) atoms. The summed E-state index contributed by atoms with van der Waals surface area (Å²) < 4.78 is 7.69. The van der Waals surface area contributed by atoms with Gasteiger partial charge in [-0.15, -0.1) is 0 Å². The van der Waals surface area contributed by atoms with Gasteiger partial charge in [-0.1, -0.05) is 24.3 Å². The second-order valence-electron chi connectivity index (χ2n) is 7.20. The number of carbonyl (C=O) groups excluding carboxylic acids is 1. The first-order valence-corrected chi connectivity index (χ1v) is 9.80. The third-order valence-electron chi connectivity index (χ3n) is 4.97. The summed E-state index contributed by atoms with van der Waals surface area (Å²) in [4.78, 5) is 21.3. The van der Waals surface area contributed by atoms with Gasteiger partial charge in [0.1, 0.15) is 12.1 Å². The maximum absolute atomic E-state index is 12.7. The Morgan fingerprint density at radius 1 is 1.10 bits per heavy atom. The van der Waals surface area contributed by atoms with E-state index in [1.54, 1.807) is 4.52 Å². The predicted molar refractivity (Wildman–Crippen MR) is 115 cm³/mol. The molecule has 0 bridgehead atoms. The van der Waals surface area contributed by atoms with Gasteiger partial charge in [0, 0.05) is 17.8 Å². The molecule has 0 saturated heterocycles. The van der Waals surface area contributed by atoms with Gasteiger partial charge in [0.2, 0.25) is 5.91 Å². The Hall–Kier alpha value is -3.74. The van der Waals surface area contributed by atoms with E-state index in [0.717, 1.165) is 28.3 Å². The number of nitrogens with zero attached hydrogens (tertiary/aromatic N) is 4. The summed E-state index contributed by atoms with van der Waals surface area (Å²) in [7, 11) is 0. The normalized spacial score (nSPS) is 10.9. The number of hydrogen-bond donors (Lipinski definition) is 1. The molecule has 2 aromatic carbocycles. The highest BCUT2D eigenvalue weighted by Crippen LogP contribution is 2.30. The van der Waals surface area contributed by atoms with Gasteiger partial charge in [0.05, 0.1) is 5.69 Å². The van der Waals surface area contributed by atoms with Gasteiger partial charge in [-0.05, 0) is 62.6 Å². The number of carbonyl (C=O) groups is 1. The molecule has 1 N–H and O–H groups in total. The van der Waals surface area contributed by atoms with Crippen molar-refractivity contribution in [1.82, 2.24) is 19.6 Å². The van der Waals surface area contributed by atoms with Crippen LogP contribution in [0.3, 0.4) is 0 Å². The topological polar surface area (TPSA) is 81.4 Å². The minimum atomic E-state index is -0.0900. The first-order chi connectivity index (χ1) is 14.5. The summed E-state index contributed by atoms with van der Waals surface area (Å²) in [6, 6.07) is 15.2. The summed E-state index contributed by atoms with van der Waals surface area (Å²) in [5, 5.41) is 7.17. The number of rotatable bonds is 6. The molecule has 2 aromatic heterocycles. The van der Waals surface area contributed by atoms with Crippen LogP contribution in [0.1, 0.15) is 28.9 Å². The highest BCUT2D eigenvalue weighted by atomic mass is 16.5. The number of aromatic nitrogens is 4. The molecule has 0 fully saturated rings. The van der Waals surface area contributed by atoms with Crippen LogP contribution in [0.25, 0.3) is 5.78 Å². The summed E-state index contributed by atoms with van der Waals surface area (Å²) in [5.41, 5.74) is 4.57. The molecule has 4 rings (SSSR count). The Kier molecular flexibility index (Phi) is 5.43. The molecule has 4 aromatic rings. The van der Waals surface area contributed by atoms with Gasteiger partial charge in [-0.3, -0.25) is 4.79 Å². The van der Waals surface area contributed by atoms with Gasteiger partial charge in [-0.25, -0.2) is 9.50 Å². The van der Waals surface area contributed by atoms with Crippen molar-refractivity contribution in [3.05, 3.63) is 77.4 Å². The molecule has 0 aliphatic heterocycles. The van der Waals surface area contributed by atoms with E-state index in [2.05, 4.69) is 20.4 Å². The third-order valence-corrected chi connectivity index (χ3v) is 4.97. The van der Waals surface area contributed by atoms with Crippen molar-refractivity contribution < 1.29 is 9.53 Å². The van der Waals surface area contributed by atoms with Crippen LogP contribution in [0.5, 0.6) is 11.5 Å². The number of ether oxygens (including phenoxy) is 1. The second kappa shape index (κ2) is 8.32. The Bertz CT molecular complexity index is 1220. The van der Waals surface area contributed by atoms with Crippen molar-refractivity contribution in [3.63, 3.8) is 0 Å². The minimum absolute atomic E-state index is 0.0900. The van der Waals surface area contributed by atoms with E-state index < -0.39 is 0 Å². The monoisotopic (exact) mass is 401 g/mol. The first-order valence-electron chi connectivity index (χ1n) is 9.80. The van der Waals surface area contributed by atoms with Crippen LogP contribution in [-0.2, 0) is 11.2 Å². The van der Waals surface area contributed by atoms with Crippen molar-refractivity contribution in [2.24, 2.45) is 0 Å². The molecule has 2 heterocycles. The van der Waals surface area contributed by atoms with Gasteiger partial charge >= 0.3 is 0 Å². The van der Waals surface area contributed by atoms with Gasteiger partial charge in [-0.2, -0.15) is 10.1 Å². The number of benzene rings is 2. The quantitative estimate of drug-likeness (QED) is 0.517. The van der Waals surface area contributed by atoms with E-state index in [0.29, 0.717) is 30.1 Å². The summed E-state index contributed by atoms with van der Waals surface area (Å²) in [6.07, 6.45) is 2.37. The Morgan fingerprint density at radius 2 is 1.93 bits per heavy atom. The van der Waals surface area contributed by atoms with E-state index >= 15 is 0 Å². The molecular weight excluding hydrogens is 378 g/mol. The summed E-state index contributed by atoms with van der Waals surface area (Å²) in [6.45, 7) is 5.91. The Balaban J connectivity index is 1.46. The van der Waals surface area contributed by atoms with Crippen LogP contribution < -0.4 is 10.1 Å². The molecule has 0 unspecified atom stereocenters. The average Bonchev–Trinajstić information content (AvgIpc) is 3.18. The largest absolute Gasteiger partial charge is 0.455 e. The number of hydrogen-bond acceptors (Lipinski definition) is 5. The SMILES string of the molecule is Cc1cccc(Oc2ccccc2NC(=O)CCc2c(C)nc3ncnn3c2C)c1. The lowest BCUT2D eigenvalue weighted by Gasteiger charge is -2.13. The maximum atomic E-state index is 12.7. The van der Waals surface area contributed by atoms with Crippen molar-refractivity contribution in [1.29, 1.82) is 0 Å². The van der Waals surface area contributed by atoms with Crippen LogP contribution in [0, 0.1) is 20.8 Å². The van der Waals surface area contributed by atoms with E-state index in [9.17, 15) is 4.79 Å². The first kappa shape index (κ1) is 19.6. The minimum Gasteiger partial charge on any atom is -0.455 e. The molecule has 0 aliphatic rings. The number of amides is 1. The Labute approximate surface area is 174 Å². The molecule has 1 amide bonds. The smallest absolute Gasteiger partial charge is 0.252 e. The zero-order valence-corrected chi connectivity index (χ0v) is 17.2. The van der Waals surface area contributed by atoms with Gasteiger partial charge < -0.3 is 10.1 Å². The molecule has 0 radical (unpaired) electrons. The average molecular weight is 401 g/mol. The molecule has 0 saturated carbocycles. The Morgan fingerprint density at radius 3 is 2.77 bits per heavy atom. The fraction of sp³-hybridized carbons (Fsp3) is 0.217. The second-order valence-corrected chi connectivity index (χ2v) is 7.20. The van der Waals surface area contributed by atoms with Crippen molar-refractivity contribution >= 4 is 17.4 Å². The molecule has 0 atom stereocenters. The number of fused-ring (bicyclic) bond motifs is 1. The highest BCUT2D eigenvalue weighted by molar-refractivity contribution is 5.92. The van der Waals surface area contributed by atoms with Gasteiger partial charge in [0.15, 0.2) is 5.75 Å². The lowest BCUT2D eigenvalue weighted by Crippen LogP contribution is -2.14. The number of para-hydroxylation sites is 2. The molecule has 0 aliphatic carbocycles. The lowest BCUT2D eigenvalue weighted by molar-refractivity contribution is -0.116.